The van der Waals surface area contributed by atoms with E-state index in [0.717, 1.165) is 51.4 Å². The first-order valence-corrected chi connectivity index (χ1v) is 14.6. The second-order valence-corrected chi connectivity index (χ2v) is 12.5. The van der Waals surface area contributed by atoms with Crippen molar-refractivity contribution in [3.8, 4) is 0 Å². The van der Waals surface area contributed by atoms with Gasteiger partial charge in [0, 0.05) is 57.0 Å². The number of piperazine rings is 1. The lowest BCUT2D eigenvalue weighted by Gasteiger charge is -2.40. The number of ketones is 1. The van der Waals surface area contributed by atoms with Crippen LogP contribution in [-0.2, 0) is 14.4 Å². The molecule has 3 saturated carbocycles. The molecule has 7 nitrogen and oxygen atoms in total. The molecule has 3 aliphatic carbocycles. The maximum Gasteiger partial charge on any atom is 0.233 e. The van der Waals surface area contributed by atoms with Gasteiger partial charge >= 0.3 is 0 Å². The van der Waals surface area contributed by atoms with Crippen LogP contribution in [0, 0.1) is 35.5 Å². The quantitative estimate of drug-likeness (QED) is 0.579. The molecule has 5 fully saturated rings. The summed E-state index contributed by atoms with van der Waals surface area (Å²) in [5.74, 6) is 1.58. The maximum atomic E-state index is 13.3. The van der Waals surface area contributed by atoms with E-state index in [1.807, 2.05) is 0 Å². The minimum atomic E-state index is -0.347. The molecule has 190 valence electrons. The molecular formula is C28H34N4O3S. The fourth-order valence-electron chi connectivity index (χ4n) is 8.02. The topological polar surface area (TPSA) is 73.8 Å². The molecule has 8 heteroatoms. The summed E-state index contributed by atoms with van der Waals surface area (Å²) >= 11 is 1.58. The number of Topliss-reactive ketones (excluding diaryl/α,β-unsaturated/α-hetero) is 1. The van der Waals surface area contributed by atoms with Crippen molar-refractivity contribution in [1.29, 1.82) is 0 Å². The van der Waals surface area contributed by atoms with Gasteiger partial charge in [-0.2, -0.15) is 4.37 Å². The molecule has 6 atom stereocenters. The number of likely N-dealkylation sites (tertiary alicyclic amines) is 1. The first-order chi connectivity index (χ1) is 17.6. The highest BCUT2D eigenvalue weighted by Crippen LogP contribution is 2.54. The van der Waals surface area contributed by atoms with E-state index in [1.165, 1.54) is 29.3 Å². The minimum absolute atomic E-state index is 0.0263. The molecule has 2 amide bonds. The van der Waals surface area contributed by atoms with Crippen LogP contribution >= 0.6 is 11.5 Å². The Kier molecular flexibility index (Phi) is 5.65. The highest BCUT2D eigenvalue weighted by atomic mass is 32.1. The highest BCUT2D eigenvalue weighted by molar-refractivity contribution is 7.13. The number of nitrogens with zero attached hydrogens (tertiary/aromatic N) is 4. The van der Waals surface area contributed by atoms with Crippen LogP contribution in [0.4, 0.5) is 5.82 Å². The van der Waals surface area contributed by atoms with E-state index in [-0.39, 0.29) is 41.3 Å². The number of amides is 2. The van der Waals surface area contributed by atoms with Gasteiger partial charge in [-0.05, 0) is 60.7 Å². The molecule has 2 aromatic rings. The SMILES string of the molecule is O=C1C[C@H]2C[C@@H]1[C@H]1C(=O)N(C[C@@H]3CCCC[C@H]3CN3CCN(c4nsc5ccccc45)CC3)C(=O)[C@@H]21. The van der Waals surface area contributed by atoms with Crippen LogP contribution in [0.3, 0.4) is 0 Å². The lowest BCUT2D eigenvalue weighted by Crippen LogP contribution is -2.49. The fraction of sp³-hybridized carbons (Fsp3) is 0.643. The van der Waals surface area contributed by atoms with Gasteiger partial charge in [-0.3, -0.25) is 24.2 Å². The van der Waals surface area contributed by atoms with E-state index >= 15 is 0 Å². The molecule has 0 N–H and O–H groups in total. The summed E-state index contributed by atoms with van der Waals surface area (Å²) in [5.41, 5.74) is 0. The van der Waals surface area contributed by atoms with Crippen LogP contribution in [-0.4, -0.2) is 71.0 Å². The van der Waals surface area contributed by atoms with Gasteiger partial charge < -0.3 is 4.90 Å². The van der Waals surface area contributed by atoms with E-state index in [4.69, 9.17) is 4.37 Å². The summed E-state index contributed by atoms with van der Waals surface area (Å²) in [6.45, 7) is 5.61. The number of hydrogen-bond acceptors (Lipinski definition) is 7. The zero-order chi connectivity index (χ0) is 24.4. The number of benzene rings is 1. The van der Waals surface area contributed by atoms with Crippen LogP contribution in [0.15, 0.2) is 24.3 Å². The van der Waals surface area contributed by atoms with Crippen molar-refractivity contribution >= 4 is 45.0 Å². The first-order valence-electron chi connectivity index (χ1n) is 13.8. The van der Waals surface area contributed by atoms with E-state index < -0.39 is 0 Å². The Morgan fingerprint density at radius 1 is 0.889 bits per heavy atom. The number of rotatable bonds is 5. The Balaban J connectivity index is 0.990. The average Bonchev–Trinajstić information content (AvgIpc) is 3.64. The number of carbonyl (C=O) groups excluding carboxylic acids is 3. The van der Waals surface area contributed by atoms with Gasteiger partial charge in [-0.1, -0.05) is 25.0 Å². The second-order valence-electron chi connectivity index (χ2n) is 11.7. The molecule has 7 rings (SSSR count). The van der Waals surface area contributed by atoms with Crippen LogP contribution in [0.25, 0.3) is 10.1 Å². The largest absolute Gasteiger partial charge is 0.353 e. The summed E-state index contributed by atoms with van der Waals surface area (Å²) in [6, 6.07) is 8.47. The van der Waals surface area contributed by atoms with Crippen molar-refractivity contribution in [2.24, 2.45) is 35.5 Å². The molecule has 5 aliphatic rings. The molecular weight excluding hydrogens is 472 g/mol. The Morgan fingerprint density at radius 3 is 2.42 bits per heavy atom. The Morgan fingerprint density at radius 2 is 1.61 bits per heavy atom. The molecule has 2 saturated heterocycles. The van der Waals surface area contributed by atoms with Crippen LogP contribution in [0.2, 0.25) is 0 Å². The Labute approximate surface area is 216 Å². The van der Waals surface area contributed by atoms with Crippen molar-refractivity contribution in [2.45, 2.75) is 38.5 Å². The van der Waals surface area contributed by atoms with Crippen molar-refractivity contribution in [3.05, 3.63) is 24.3 Å². The molecule has 2 aliphatic heterocycles. The fourth-order valence-corrected chi connectivity index (χ4v) is 8.81. The third kappa shape index (κ3) is 3.63. The summed E-state index contributed by atoms with van der Waals surface area (Å²) in [4.78, 5) is 45.4. The van der Waals surface area contributed by atoms with E-state index in [1.54, 1.807) is 16.4 Å². The van der Waals surface area contributed by atoms with Crippen LogP contribution in [0.5, 0.6) is 0 Å². The maximum absolute atomic E-state index is 13.3. The molecule has 2 bridgehead atoms. The summed E-state index contributed by atoms with van der Waals surface area (Å²) in [6.07, 6.45) is 5.94. The number of imide groups is 1. The van der Waals surface area contributed by atoms with Gasteiger partial charge in [0.2, 0.25) is 11.8 Å². The standard InChI is InChI=1S/C28H34N4O3S/c33-22-14-19-13-21(22)25-24(19)27(34)32(28(25)35)16-18-6-2-1-5-17(18)15-30-9-11-31(12-10-30)26-20-7-3-4-8-23(20)36-29-26/h3-4,7-8,17-19,21,24-25H,1-2,5-6,9-16H2/t17-,18-,19+,21-,24-,25+/m0/s1. The number of fused-ring (bicyclic) bond motifs is 6. The van der Waals surface area contributed by atoms with Gasteiger partial charge in [0.15, 0.2) is 0 Å². The van der Waals surface area contributed by atoms with Gasteiger partial charge in [-0.15, -0.1) is 0 Å². The number of aromatic nitrogens is 1. The third-order valence-electron chi connectivity index (χ3n) is 9.87. The molecule has 1 aromatic carbocycles. The third-order valence-corrected chi connectivity index (χ3v) is 10.7. The summed E-state index contributed by atoms with van der Waals surface area (Å²) in [5, 5.41) is 1.25. The zero-order valence-electron chi connectivity index (χ0n) is 20.7. The zero-order valence-corrected chi connectivity index (χ0v) is 21.5. The van der Waals surface area contributed by atoms with Crippen LogP contribution in [0.1, 0.15) is 38.5 Å². The van der Waals surface area contributed by atoms with Gasteiger partial charge in [0.1, 0.15) is 11.6 Å². The molecule has 1 aromatic heterocycles. The Hall–Kier alpha value is -2.32. The normalized spacial score (nSPS) is 34.8. The van der Waals surface area contributed by atoms with Crippen molar-refractivity contribution in [3.63, 3.8) is 0 Å². The van der Waals surface area contributed by atoms with Crippen molar-refractivity contribution in [1.82, 2.24) is 14.2 Å². The van der Waals surface area contributed by atoms with Gasteiger partial charge in [0.05, 0.1) is 16.5 Å². The summed E-state index contributed by atoms with van der Waals surface area (Å²) < 4.78 is 5.99. The molecule has 0 unspecified atom stereocenters. The van der Waals surface area contributed by atoms with E-state index in [2.05, 4.69) is 34.1 Å². The number of carbonyl (C=O) groups is 3. The lowest BCUT2D eigenvalue weighted by molar-refractivity contribution is -0.142. The smallest absolute Gasteiger partial charge is 0.233 e. The van der Waals surface area contributed by atoms with Gasteiger partial charge in [0.25, 0.3) is 0 Å². The van der Waals surface area contributed by atoms with Gasteiger partial charge in [-0.25, -0.2) is 0 Å². The summed E-state index contributed by atoms with van der Waals surface area (Å²) in [7, 11) is 0. The van der Waals surface area contributed by atoms with E-state index in [9.17, 15) is 14.4 Å². The monoisotopic (exact) mass is 506 g/mol. The van der Waals surface area contributed by atoms with Crippen molar-refractivity contribution < 1.29 is 14.4 Å². The van der Waals surface area contributed by atoms with Crippen LogP contribution < -0.4 is 4.90 Å². The lowest BCUT2D eigenvalue weighted by atomic mass is 9.78. The first kappa shape index (κ1) is 22.8. The average molecular weight is 507 g/mol. The Bertz CT molecular complexity index is 1200. The second kappa shape index (κ2) is 8.91. The minimum Gasteiger partial charge on any atom is -0.353 e. The molecule has 3 heterocycles. The molecule has 0 radical (unpaired) electrons. The van der Waals surface area contributed by atoms with E-state index in [0.29, 0.717) is 24.8 Å². The molecule has 0 spiro atoms. The van der Waals surface area contributed by atoms with Crippen molar-refractivity contribution in [2.75, 3.05) is 44.2 Å². The number of hydrogen-bond donors (Lipinski definition) is 0. The number of anilines is 1. The predicted molar refractivity (Wildman–Crippen MR) is 139 cm³/mol. The molecule has 36 heavy (non-hydrogen) atoms. The predicted octanol–water partition coefficient (Wildman–Crippen LogP) is 3.43. The highest BCUT2D eigenvalue weighted by Gasteiger charge is 2.64.